The van der Waals surface area contributed by atoms with Crippen LogP contribution in [-0.4, -0.2) is 34.6 Å². The Balaban J connectivity index is 3.03. The van der Waals surface area contributed by atoms with Gasteiger partial charge < -0.3 is 20.1 Å². The lowest BCUT2D eigenvalue weighted by molar-refractivity contribution is -0.0165. The maximum absolute atomic E-state index is 13.0. The number of benzene rings is 1. The highest BCUT2D eigenvalue weighted by Gasteiger charge is 2.21. The standard InChI is InChI=1S/C11H15FO4/c1-2-16-10-4-3-7(12)5-8(10)11(15)9(14)6-13/h3-5,9,11,13-15H,2,6H2,1H3. The molecule has 0 aliphatic carbocycles. The van der Waals surface area contributed by atoms with Crippen molar-refractivity contribution in [1.82, 2.24) is 0 Å². The summed E-state index contributed by atoms with van der Waals surface area (Å²) in [6, 6.07) is 3.66. The van der Waals surface area contributed by atoms with Crippen molar-refractivity contribution in [1.29, 1.82) is 0 Å². The van der Waals surface area contributed by atoms with Crippen molar-refractivity contribution in [3.8, 4) is 5.75 Å². The molecule has 1 rings (SSSR count). The van der Waals surface area contributed by atoms with Gasteiger partial charge in [-0.3, -0.25) is 0 Å². The first-order chi connectivity index (χ1) is 7.60. The van der Waals surface area contributed by atoms with E-state index in [0.717, 1.165) is 6.07 Å². The zero-order valence-electron chi connectivity index (χ0n) is 8.93. The average molecular weight is 230 g/mol. The number of halogens is 1. The van der Waals surface area contributed by atoms with Gasteiger partial charge in [0.15, 0.2) is 0 Å². The lowest BCUT2D eigenvalue weighted by atomic mass is 10.0. The first-order valence-electron chi connectivity index (χ1n) is 4.99. The first-order valence-corrected chi connectivity index (χ1v) is 4.99. The van der Waals surface area contributed by atoms with E-state index in [2.05, 4.69) is 0 Å². The molecule has 0 saturated heterocycles. The molecule has 1 aromatic rings. The predicted octanol–water partition coefficient (Wildman–Crippen LogP) is 0.611. The van der Waals surface area contributed by atoms with Crippen molar-refractivity contribution in [2.45, 2.75) is 19.1 Å². The second-order valence-electron chi connectivity index (χ2n) is 3.31. The van der Waals surface area contributed by atoms with E-state index in [-0.39, 0.29) is 5.56 Å². The summed E-state index contributed by atoms with van der Waals surface area (Å²) in [6.07, 6.45) is -2.73. The van der Waals surface area contributed by atoms with Gasteiger partial charge in [0.2, 0.25) is 0 Å². The zero-order chi connectivity index (χ0) is 12.1. The smallest absolute Gasteiger partial charge is 0.125 e. The van der Waals surface area contributed by atoms with Gasteiger partial charge in [-0.1, -0.05) is 0 Å². The molecule has 5 heteroatoms. The van der Waals surface area contributed by atoms with Crippen LogP contribution < -0.4 is 4.74 Å². The third-order valence-corrected chi connectivity index (χ3v) is 2.14. The zero-order valence-corrected chi connectivity index (χ0v) is 8.93. The topological polar surface area (TPSA) is 69.9 Å². The van der Waals surface area contributed by atoms with Gasteiger partial charge in [0.05, 0.1) is 13.2 Å². The van der Waals surface area contributed by atoms with Crippen LogP contribution in [0.3, 0.4) is 0 Å². The van der Waals surface area contributed by atoms with Gasteiger partial charge in [0, 0.05) is 5.56 Å². The predicted molar refractivity (Wildman–Crippen MR) is 55.6 cm³/mol. The average Bonchev–Trinajstić information content (AvgIpc) is 2.29. The number of rotatable bonds is 5. The summed E-state index contributed by atoms with van der Waals surface area (Å²) in [7, 11) is 0. The number of aliphatic hydroxyl groups excluding tert-OH is 3. The number of hydrogen-bond acceptors (Lipinski definition) is 4. The molecule has 0 saturated carbocycles. The van der Waals surface area contributed by atoms with Gasteiger partial charge in [-0.05, 0) is 25.1 Å². The van der Waals surface area contributed by atoms with Crippen molar-refractivity contribution in [3.63, 3.8) is 0 Å². The van der Waals surface area contributed by atoms with E-state index in [9.17, 15) is 14.6 Å². The molecule has 0 radical (unpaired) electrons. The van der Waals surface area contributed by atoms with Crippen LogP contribution in [0.25, 0.3) is 0 Å². The lowest BCUT2D eigenvalue weighted by Gasteiger charge is -2.19. The van der Waals surface area contributed by atoms with Gasteiger partial charge in [-0.25, -0.2) is 4.39 Å². The summed E-state index contributed by atoms with van der Waals surface area (Å²) in [4.78, 5) is 0. The molecule has 2 atom stereocenters. The minimum absolute atomic E-state index is 0.128. The SMILES string of the molecule is CCOc1ccc(F)cc1C(O)C(O)CO. The van der Waals surface area contributed by atoms with Gasteiger partial charge in [-0.2, -0.15) is 0 Å². The van der Waals surface area contributed by atoms with Crippen LogP contribution in [0.2, 0.25) is 0 Å². The Hall–Kier alpha value is -1.17. The molecule has 1 aromatic carbocycles. The van der Waals surface area contributed by atoms with E-state index in [4.69, 9.17) is 9.84 Å². The largest absolute Gasteiger partial charge is 0.493 e. The van der Waals surface area contributed by atoms with E-state index in [1.807, 2.05) is 0 Å². The molecular formula is C11H15FO4. The summed E-state index contributed by atoms with van der Waals surface area (Å²) in [5, 5.41) is 27.7. The molecule has 90 valence electrons. The normalized spacial score (nSPS) is 14.6. The fourth-order valence-corrected chi connectivity index (χ4v) is 1.34. The summed E-state index contributed by atoms with van der Waals surface area (Å²) >= 11 is 0. The van der Waals surface area contributed by atoms with Crippen molar-refractivity contribution in [2.75, 3.05) is 13.2 Å². The molecule has 16 heavy (non-hydrogen) atoms. The second kappa shape index (κ2) is 5.79. The molecular weight excluding hydrogens is 215 g/mol. The minimum Gasteiger partial charge on any atom is -0.493 e. The summed E-state index contributed by atoms with van der Waals surface area (Å²) in [5.74, 6) is -0.244. The number of ether oxygens (including phenoxy) is 1. The van der Waals surface area contributed by atoms with Crippen LogP contribution in [-0.2, 0) is 0 Å². The molecule has 0 spiro atoms. The van der Waals surface area contributed by atoms with Crippen molar-refractivity contribution < 1.29 is 24.4 Å². The first kappa shape index (κ1) is 12.9. The maximum atomic E-state index is 13.0. The van der Waals surface area contributed by atoms with Crippen LogP contribution in [0.15, 0.2) is 18.2 Å². The van der Waals surface area contributed by atoms with Gasteiger partial charge in [0.1, 0.15) is 23.8 Å². The fraction of sp³-hybridized carbons (Fsp3) is 0.455. The number of hydrogen-bond donors (Lipinski definition) is 3. The van der Waals surface area contributed by atoms with Gasteiger partial charge in [0.25, 0.3) is 0 Å². The van der Waals surface area contributed by atoms with E-state index in [1.165, 1.54) is 12.1 Å². The van der Waals surface area contributed by atoms with E-state index >= 15 is 0 Å². The molecule has 0 heterocycles. The highest BCUT2D eigenvalue weighted by Crippen LogP contribution is 2.28. The second-order valence-corrected chi connectivity index (χ2v) is 3.31. The molecule has 0 aliphatic rings. The molecule has 0 bridgehead atoms. The molecule has 3 N–H and O–H groups in total. The van der Waals surface area contributed by atoms with Crippen LogP contribution in [0.5, 0.6) is 5.75 Å². The monoisotopic (exact) mass is 230 g/mol. The molecule has 0 amide bonds. The van der Waals surface area contributed by atoms with Crippen LogP contribution in [0.1, 0.15) is 18.6 Å². The van der Waals surface area contributed by atoms with Crippen molar-refractivity contribution in [2.24, 2.45) is 0 Å². The van der Waals surface area contributed by atoms with E-state index < -0.39 is 24.6 Å². The van der Waals surface area contributed by atoms with E-state index in [1.54, 1.807) is 6.92 Å². The highest BCUT2D eigenvalue weighted by molar-refractivity contribution is 5.36. The number of aliphatic hydroxyl groups is 3. The van der Waals surface area contributed by atoms with Crippen molar-refractivity contribution in [3.05, 3.63) is 29.6 Å². The van der Waals surface area contributed by atoms with Crippen LogP contribution in [0.4, 0.5) is 4.39 Å². The Morgan fingerprint density at radius 3 is 2.62 bits per heavy atom. The third kappa shape index (κ3) is 2.91. The maximum Gasteiger partial charge on any atom is 0.125 e. The quantitative estimate of drug-likeness (QED) is 0.693. The third-order valence-electron chi connectivity index (χ3n) is 2.14. The Bertz CT molecular complexity index is 343. The Labute approximate surface area is 92.9 Å². The molecule has 0 fully saturated rings. The lowest BCUT2D eigenvalue weighted by Crippen LogP contribution is -2.22. The summed E-state index contributed by atoms with van der Waals surface area (Å²) in [5.41, 5.74) is 0.128. The molecule has 0 aromatic heterocycles. The summed E-state index contributed by atoms with van der Waals surface area (Å²) in [6.45, 7) is 1.51. The Morgan fingerprint density at radius 1 is 1.38 bits per heavy atom. The Kier molecular flexibility index (Phi) is 4.67. The Morgan fingerprint density at radius 2 is 2.06 bits per heavy atom. The summed E-state index contributed by atoms with van der Waals surface area (Å²) < 4.78 is 18.2. The van der Waals surface area contributed by atoms with Crippen LogP contribution in [0, 0.1) is 5.82 Å². The molecule has 2 unspecified atom stereocenters. The highest BCUT2D eigenvalue weighted by atomic mass is 19.1. The molecule has 4 nitrogen and oxygen atoms in total. The minimum atomic E-state index is -1.37. The fourth-order valence-electron chi connectivity index (χ4n) is 1.34. The van der Waals surface area contributed by atoms with Gasteiger partial charge in [-0.15, -0.1) is 0 Å². The van der Waals surface area contributed by atoms with E-state index in [0.29, 0.717) is 12.4 Å². The molecule has 0 aliphatic heterocycles. The van der Waals surface area contributed by atoms with Crippen molar-refractivity contribution >= 4 is 0 Å². The van der Waals surface area contributed by atoms with Gasteiger partial charge >= 0.3 is 0 Å². The van der Waals surface area contributed by atoms with Crippen LogP contribution >= 0.6 is 0 Å².